The molecule has 0 saturated heterocycles. The molecule has 2 rings (SSSR count). The number of sulfonamides is 1. The summed E-state index contributed by atoms with van der Waals surface area (Å²) in [7, 11) is -2.33. The van der Waals surface area contributed by atoms with Gasteiger partial charge in [-0.2, -0.15) is 9.82 Å². The van der Waals surface area contributed by atoms with Gasteiger partial charge < -0.3 is 15.4 Å². The maximum absolute atomic E-state index is 12.7. The summed E-state index contributed by atoms with van der Waals surface area (Å²) in [5.74, 6) is -0.613. The number of aromatic nitrogens is 2. The van der Waals surface area contributed by atoms with Crippen molar-refractivity contribution in [1.82, 2.24) is 19.8 Å². The molecule has 0 spiro atoms. The molecule has 1 aromatic heterocycles. The lowest BCUT2D eigenvalue weighted by molar-refractivity contribution is -0.135. The van der Waals surface area contributed by atoms with Crippen molar-refractivity contribution in [2.45, 2.75) is 45.1 Å². The van der Waals surface area contributed by atoms with Crippen molar-refractivity contribution < 1.29 is 22.7 Å². The summed E-state index contributed by atoms with van der Waals surface area (Å²) in [6.45, 7) is 7.08. The summed E-state index contributed by atoms with van der Waals surface area (Å²) in [5.41, 5.74) is 1.23. The van der Waals surface area contributed by atoms with Gasteiger partial charge in [0.1, 0.15) is 16.7 Å². The first-order chi connectivity index (χ1) is 14.0. The highest BCUT2D eigenvalue weighted by atomic mass is 32.2. The Balaban J connectivity index is 2.05. The van der Waals surface area contributed by atoms with E-state index in [9.17, 15) is 18.0 Å². The Morgan fingerprint density at radius 3 is 2.57 bits per heavy atom. The quantitative estimate of drug-likeness (QED) is 0.427. The second-order valence-corrected chi connectivity index (χ2v) is 8.45. The predicted octanol–water partition coefficient (Wildman–Crippen LogP) is 1.84. The minimum absolute atomic E-state index is 0.0361. The van der Waals surface area contributed by atoms with E-state index in [2.05, 4.69) is 20.5 Å². The number of nitrogens with zero attached hydrogens (tertiary/aromatic N) is 2. The second-order valence-electron chi connectivity index (χ2n) is 6.80. The number of ether oxygens (including phenoxy) is 1. The lowest BCUT2D eigenvalue weighted by Crippen LogP contribution is -2.41. The van der Waals surface area contributed by atoms with Crippen LogP contribution in [0.15, 0.2) is 29.2 Å². The van der Waals surface area contributed by atoms with Gasteiger partial charge >= 0.3 is 12.0 Å². The van der Waals surface area contributed by atoms with Gasteiger partial charge in [0.05, 0.1) is 11.4 Å². The topological polar surface area (TPSA) is 131 Å². The van der Waals surface area contributed by atoms with Crippen LogP contribution >= 0.6 is 0 Å². The monoisotopic (exact) mass is 437 g/mol. The minimum atomic E-state index is -3.97. The molecular formula is C19H27N5O5S. The van der Waals surface area contributed by atoms with Crippen molar-refractivity contribution >= 4 is 27.7 Å². The fraction of sp³-hybridized carbons (Fsp3) is 0.421. The SMILES string of the molecule is CCCNC(=O)Nc1cccc(OC(=O)[C@@H](C)NS(=O)(=O)c2c(C)nn(C)c2C)c1. The third kappa shape index (κ3) is 5.80. The van der Waals surface area contributed by atoms with Crippen LogP contribution in [0.2, 0.25) is 0 Å². The highest BCUT2D eigenvalue weighted by Crippen LogP contribution is 2.20. The van der Waals surface area contributed by atoms with Gasteiger partial charge in [-0.3, -0.25) is 4.68 Å². The summed E-state index contributed by atoms with van der Waals surface area (Å²) < 4.78 is 34.4. The Labute approximate surface area is 176 Å². The lowest BCUT2D eigenvalue weighted by atomic mass is 10.3. The van der Waals surface area contributed by atoms with E-state index >= 15 is 0 Å². The number of aryl methyl sites for hydroxylation is 2. The normalized spacial score (nSPS) is 12.3. The number of amides is 2. The van der Waals surface area contributed by atoms with Crippen LogP contribution in [0.5, 0.6) is 5.75 Å². The molecule has 0 saturated carbocycles. The van der Waals surface area contributed by atoms with E-state index in [4.69, 9.17) is 4.74 Å². The van der Waals surface area contributed by atoms with E-state index in [1.807, 2.05) is 6.92 Å². The molecule has 0 bridgehead atoms. The molecular weight excluding hydrogens is 410 g/mol. The summed E-state index contributed by atoms with van der Waals surface area (Å²) in [5, 5.41) is 9.39. The van der Waals surface area contributed by atoms with E-state index in [0.29, 0.717) is 23.6 Å². The fourth-order valence-corrected chi connectivity index (χ4v) is 4.37. The highest BCUT2D eigenvalue weighted by molar-refractivity contribution is 7.89. The smallest absolute Gasteiger partial charge is 0.329 e. The maximum atomic E-state index is 12.7. The summed E-state index contributed by atoms with van der Waals surface area (Å²) >= 11 is 0. The highest BCUT2D eigenvalue weighted by Gasteiger charge is 2.28. The van der Waals surface area contributed by atoms with Crippen molar-refractivity contribution in [2.75, 3.05) is 11.9 Å². The lowest BCUT2D eigenvalue weighted by Gasteiger charge is -2.14. The van der Waals surface area contributed by atoms with Gasteiger partial charge in [0.25, 0.3) is 0 Å². The van der Waals surface area contributed by atoms with E-state index < -0.39 is 22.0 Å². The molecule has 1 heterocycles. The molecule has 0 radical (unpaired) electrons. The predicted molar refractivity (Wildman–Crippen MR) is 112 cm³/mol. The summed E-state index contributed by atoms with van der Waals surface area (Å²) in [6, 6.07) is 4.74. The Morgan fingerprint density at radius 1 is 1.27 bits per heavy atom. The summed E-state index contributed by atoms with van der Waals surface area (Å²) in [6.07, 6.45) is 0.803. The molecule has 1 atom stereocenters. The number of carbonyl (C=O) groups is 2. The molecule has 0 aliphatic carbocycles. The largest absolute Gasteiger partial charge is 0.425 e. The molecule has 0 aliphatic heterocycles. The van der Waals surface area contributed by atoms with Crippen molar-refractivity contribution in [3.05, 3.63) is 35.7 Å². The van der Waals surface area contributed by atoms with Crippen molar-refractivity contribution in [3.8, 4) is 5.75 Å². The van der Waals surface area contributed by atoms with Gasteiger partial charge in [0.2, 0.25) is 10.0 Å². The number of rotatable bonds is 8. The first-order valence-electron chi connectivity index (χ1n) is 9.44. The zero-order chi connectivity index (χ0) is 22.5. The molecule has 3 N–H and O–H groups in total. The Bertz CT molecular complexity index is 1030. The third-order valence-corrected chi connectivity index (χ3v) is 6.03. The average Bonchev–Trinajstić information content (AvgIpc) is 2.92. The number of esters is 1. The van der Waals surface area contributed by atoms with E-state index in [1.54, 1.807) is 33.0 Å². The van der Waals surface area contributed by atoms with Gasteiger partial charge in [-0.25, -0.2) is 18.0 Å². The van der Waals surface area contributed by atoms with Crippen LogP contribution < -0.4 is 20.1 Å². The van der Waals surface area contributed by atoms with Crippen LogP contribution in [-0.2, 0) is 21.9 Å². The Morgan fingerprint density at radius 2 is 1.97 bits per heavy atom. The van der Waals surface area contributed by atoms with E-state index in [0.717, 1.165) is 6.42 Å². The number of hydrogen-bond donors (Lipinski definition) is 3. The van der Waals surface area contributed by atoms with Crippen LogP contribution in [0.25, 0.3) is 0 Å². The molecule has 0 unspecified atom stereocenters. The number of hydrogen-bond acceptors (Lipinski definition) is 6. The third-order valence-electron chi connectivity index (χ3n) is 4.24. The van der Waals surface area contributed by atoms with Crippen LogP contribution in [0, 0.1) is 13.8 Å². The number of benzene rings is 1. The van der Waals surface area contributed by atoms with E-state index in [1.165, 1.54) is 23.7 Å². The van der Waals surface area contributed by atoms with Crippen molar-refractivity contribution in [3.63, 3.8) is 0 Å². The van der Waals surface area contributed by atoms with Crippen molar-refractivity contribution in [1.29, 1.82) is 0 Å². The Hall–Kier alpha value is -2.92. The molecule has 2 aromatic rings. The molecule has 1 aromatic carbocycles. The molecule has 11 heteroatoms. The number of anilines is 1. The average molecular weight is 438 g/mol. The Kier molecular flexibility index (Phi) is 7.57. The minimum Gasteiger partial charge on any atom is -0.425 e. The van der Waals surface area contributed by atoms with Gasteiger partial charge in [-0.05, 0) is 39.3 Å². The molecule has 2 amide bonds. The first-order valence-corrected chi connectivity index (χ1v) is 10.9. The van der Waals surface area contributed by atoms with Gasteiger partial charge in [-0.1, -0.05) is 13.0 Å². The standard InChI is InChI=1S/C19H27N5O5S/c1-6-10-20-19(26)21-15-8-7-9-16(11-15)29-18(25)13(3)23-30(27,28)17-12(2)22-24(5)14(17)4/h7-9,11,13,23H,6,10H2,1-5H3,(H2,20,21,26)/t13-/m1/s1. The maximum Gasteiger partial charge on any atom is 0.329 e. The second kappa shape index (κ2) is 9.72. The number of urea groups is 1. The van der Waals surface area contributed by atoms with Crippen molar-refractivity contribution in [2.24, 2.45) is 7.05 Å². The van der Waals surface area contributed by atoms with Crippen LogP contribution in [0.4, 0.5) is 10.5 Å². The fourth-order valence-electron chi connectivity index (χ4n) is 2.74. The van der Waals surface area contributed by atoms with Crippen LogP contribution in [0.3, 0.4) is 0 Å². The zero-order valence-electron chi connectivity index (χ0n) is 17.6. The molecule has 0 fully saturated rings. The molecule has 164 valence electrons. The van der Waals surface area contributed by atoms with Gasteiger partial charge in [0.15, 0.2) is 0 Å². The number of nitrogens with one attached hydrogen (secondary N) is 3. The number of carbonyl (C=O) groups excluding carboxylic acids is 2. The van der Waals surface area contributed by atoms with Crippen LogP contribution in [0.1, 0.15) is 31.7 Å². The van der Waals surface area contributed by atoms with Gasteiger partial charge in [0, 0.05) is 25.3 Å². The van der Waals surface area contributed by atoms with Crippen LogP contribution in [-0.4, -0.2) is 42.8 Å². The first kappa shape index (κ1) is 23.4. The summed E-state index contributed by atoms with van der Waals surface area (Å²) in [4.78, 5) is 24.2. The zero-order valence-corrected chi connectivity index (χ0v) is 18.5. The van der Waals surface area contributed by atoms with E-state index in [-0.39, 0.29) is 16.7 Å². The van der Waals surface area contributed by atoms with Gasteiger partial charge in [-0.15, -0.1) is 0 Å². The molecule has 30 heavy (non-hydrogen) atoms. The molecule has 0 aliphatic rings. The molecule has 10 nitrogen and oxygen atoms in total.